The topological polar surface area (TPSA) is 71.4 Å². The first-order chi connectivity index (χ1) is 8.24. The molecule has 0 aliphatic carbocycles. The second-order valence-corrected chi connectivity index (χ2v) is 6.74. The van der Waals surface area contributed by atoms with Gasteiger partial charge in [-0.2, -0.15) is 0 Å². The minimum atomic E-state index is -3.76. The summed E-state index contributed by atoms with van der Waals surface area (Å²) in [4.78, 5) is 10.5. The van der Waals surface area contributed by atoms with Crippen molar-refractivity contribution in [2.75, 3.05) is 0 Å². The van der Waals surface area contributed by atoms with Crippen LogP contribution in [0, 0.1) is 5.82 Å². The summed E-state index contributed by atoms with van der Waals surface area (Å²) in [5.41, 5.74) is -0.128. The molecule has 0 heterocycles. The highest BCUT2D eigenvalue weighted by molar-refractivity contribution is 7.91. The average molecular weight is 295 g/mol. The van der Waals surface area contributed by atoms with Gasteiger partial charge < -0.3 is 5.11 Å². The molecule has 4 nitrogen and oxygen atoms in total. The van der Waals surface area contributed by atoms with E-state index in [2.05, 4.69) is 0 Å². The molecule has 0 bridgehead atoms. The Labute approximate surface area is 109 Å². The van der Waals surface area contributed by atoms with Crippen LogP contribution in [0.1, 0.15) is 18.9 Å². The number of hydrogen-bond acceptors (Lipinski definition) is 3. The van der Waals surface area contributed by atoms with Gasteiger partial charge in [0.25, 0.3) is 0 Å². The number of benzene rings is 1. The van der Waals surface area contributed by atoms with E-state index >= 15 is 0 Å². The first-order valence-corrected chi connectivity index (χ1v) is 7.19. The van der Waals surface area contributed by atoms with Gasteiger partial charge in [-0.1, -0.05) is 17.7 Å². The highest BCUT2D eigenvalue weighted by Crippen LogP contribution is 2.23. The standard InChI is InChI=1S/C11H12ClFO4S/c1-7(5-11(14)15)18(16,17)6-8-9(12)3-2-4-10(8)13/h2-4,7H,5-6H2,1H3,(H,14,15). The van der Waals surface area contributed by atoms with Crippen molar-refractivity contribution in [1.29, 1.82) is 0 Å². The Bertz CT molecular complexity index is 536. The fourth-order valence-corrected chi connectivity index (χ4v) is 3.07. The van der Waals surface area contributed by atoms with Gasteiger partial charge in [0.1, 0.15) is 5.82 Å². The van der Waals surface area contributed by atoms with Crippen LogP contribution in [0.2, 0.25) is 5.02 Å². The highest BCUT2D eigenvalue weighted by atomic mass is 35.5. The Morgan fingerprint density at radius 1 is 1.50 bits per heavy atom. The summed E-state index contributed by atoms with van der Waals surface area (Å²) in [6.45, 7) is 1.28. The zero-order valence-corrected chi connectivity index (χ0v) is 11.1. The Morgan fingerprint density at radius 3 is 2.61 bits per heavy atom. The van der Waals surface area contributed by atoms with E-state index in [1.54, 1.807) is 0 Å². The van der Waals surface area contributed by atoms with Gasteiger partial charge in [0, 0.05) is 10.6 Å². The molecule has 0 aliphatic heterocycles. The van der Waals surface area contributed by atoms with Crippen LogP contribution in [0.5, 0.6) is 0 Å². The summed E-state index contributed by atoms with van der Waals surface area (Å²) >= 11 is 5.73. The Hall–Kier alpha value is -1.14. The van der Waals surface area contributed by atoms with E-state index in [4.69, 9.17) is 16.7 Å². The number of aliphatic carboxylic acids is 1. The number of carboxylic acid groups (broad SMARTS) is 1. The van der Waals surface area contributed by atoms with Crippen LogP contribution >= 0.6 is 11.6 Å². The van der Waals surface area contributed by atoms with E-state index in [-0.39, 0.29) is 10.6 Å². The first-order valence-electron chi connectivity index (χ1n) is 5.10. The zero-order valence-electron chi connectivity index (χ0n) is 9.56. The number of rotatable bonds is 5. The first kappa shape index (κ1) is 14.9. The molecule has 0 fully saturated rings. The van der Waals surface area contributed by atoms with Crippen molar-refractivity contribution in [3.63, 3.8) is 0 Å². The molecule has 1 aromatic rings. The third-order valence-electron chi connectivity index (χ3n) is 2.48. The third-order valence-corrected chi connectivity index (χ3v) is 4.92. The zero-order chi connectivity index (χ0) is 13.9. The Morgan fingerprint density at radius 2 is 2.11 bits per heavy atom. The lowest BCUT2D eigenvalue weighted by Gasteiger charge is -2.12. The minimum absolute atomic E-state index is 0.0149. The van der Waals surface area contributed by atoms with Crippen molar-refractivity contribution >= 4 is 27.4 Å². The fraction of sp³-hybridized carbons (Fsp3) is 0.364. The van der Waals surface area contributed by atoms with Gasteiger partial charge in [-0.05, 0) is 19.1 Å². The SMILES string of the molecule is CC(CC(=O)O)S(=O)(=O)Cc1c(F)cccc1Cl. The molecule has 0 saturated heterocycles. The fourth-order valence-electron chi connectivity index (χ4n) is 1.39. The van der Waals surface area contributed by atoms with Crippen LogP contribution in [0.3, 0.4) is 0 Å². The van der Waals surface area contributed by atoms with Gasteiger partial charge in [0.15, 0.2) is 9.84 Å². The van der Waals surface area contributed by atoms with Crippen LogP contribution in [-0.4, -0.2) is 24.7 Å². The smallest absolute Gasteiger partial charge is 0.304 e. The maximum atomic E-state index is 13.4. The quantitative estimate of drug-likeness (QED) is 0.904. The second-order valence-electron chi connectivity index (χ2n) is 3.92. The van der Waals surface area contributed by atoms with Crippen LogP contribution < -0.4 is 0 Å². The highest BCUT2D eigenvalue weighted by Gasteiger charge is 2.26. The minimum Gasteiger partial charge on any atom is -0.481 e. The third kappa shape index (κ3) is 3.68. The van der Waals surface area contributed by atoms with E-state index in [9.17, 15) is 17.6 Å². The maximum absolute atomic E-state index is 13.4. The second kappa shape index (κ2) is 5.67. The van der Waals surface area contributed by atoms with Crippen molar-refractivity contribution in [3.8, 4) is 0 Å². The molecular formula is C11H12ClFO4S. The largest absolute Gasteiger partial charge is 0.481 e. The number of sulfone groups is 1. The molecule has 0 spiro atoms. The molecule has 1 aromatic carbocycles. The van der Waals surface area contributed by atoms with E-state index < -0.39 is 39.0 Å². The van der Waals surface area contributed by atoms with Crippen LogP contribution in [-0.2, 0) is 20.4 Å². The predicted molar refractivity (Wildman–Crippen MR) is 65.7 cm³/mol. The Balaban J connectivity index is 2.99. The summed E-state index contributed by atoms with van der Waals surface area (Å²) in [5, 5.41) is 7.48. The van der Waals surface area contributed by atoms with Gasteiger partial charge in [0.05, 0.1) is 17.4 Å². The number of halogens is 2. The Kier molecular flexibility index (Phi) is 4.70. The van der Waals surface area contributed by atoms with E-state index in [0.29, 0.717) is 0 Å². The summed E-state index contributed by atoms with van der Waals surface area (Å²) in [5.74, 6) is -2.54. The molecule has 0 radical (unpaired) electrons. The van der Waals surface area contributed by atoms with Gasteiger partial charge >= 0.3 is 5.97 Å². The summed E-state index contributed by atoms with van der Waals surface area (Å²) < 4.78 is 37.1. The van der Waals surface area contributed by atoms with Crippen molar-refractivity contribution in [1.82, 2.24) is 0 Å². The van der Waals surface area contributed by atoms with E-state index in [1.807, 2.05) is 0 Å². The number of carboxylic acids is 1. The summed E-state index contributed by atoms with van der Waals surface area (Å²) in [6.07, 6.45) is -0.519. The lowest BCUT2D eigenvalue weighted by molar-refractivity contribution is -0.136. The molecule has 0 saturated carbocycles. The molecule has 1 unspecified atom stereocenters. The van der Waals surface area contributed by atoms with E-state index in [1.165, 1.54) is 19.1 Å². The molecule has 7 heteroatoms. The van der Waals surface area contributed by atoms with Crippen molar-refractivity contribution in [2.45, 2.75) is 24.3 Å². The van der Waals surface area contributed by atoms with Crippen LogP contribution in [0.25, 0.3) is 0 Å². The molecule has 1 atom stereocenters. The van der Waals surface area contributed by atoms with Gasteiger partial charge in [-0.15, -0.1) is 0 Å². The molecular weight excluding hydrogens is 283 g/mol. The molecule has 18 heavy (non-hydrogen) atoms. The lowest BCUT2D eigenvalue weighted by atomic mass is 10.2. The molecule has 1 rings (SSSR count). The van der Waals surface area contributed by atoms with Crippen molar-refractivity contribution in [2.24, 2.45) is 0 Å². The van der Waals surface area contributed by atoms with Gasteiger partial charge in [0.2, 0.25) is 0 Å². The summed E-state index contributed by atoms with van der Waals surface area (Å²) in [6, 6.07) is 3.87. The number of hydrogen-bond donors (Lipinski definition) is 1. The normalized spacial score (nSPS) is 13.3. The maximum Gasteiger partial charge on any atom is 0.304 e. The molecule has 100 valence electrons. The van der Waals surface area contributed by atoms with Crippen LogP contribution in [0.4, 0.5) is 4.39 Å². The van der Waals surface area contributed by atoms with Crippen molar-refractivity contribution in [3.05, 3.63) is 34.6 Å². The predicted octanol–water partition coefficient (Wildman–Crippen LogP) is 2.26. The van der Waals surface area contributed by atoms with Gasteiger partial charge in [-0.25, -0.2) is 12.8 Å². The van der Waals surface area contributed by atoms with Crippen LogP contribution in [0.15, 0.2) is 18.2 Å². The van der Waals surface area contributed by atoms with Crippen molar-refractivity contribution < 1.29 is 22.7 Å². The number of carbonyl (C=O) groups is 1. The molecule has 0 amide bonds. The average Bonchev–Trinajstić information content (AvgIpc) is 2.22. The molecule has 1 N–H and O–H groups in total. The molecule has 0 aromatic heterocycles. The lowest BCUT2D eigenvalue weighted by Crippen LogP contribution is -2.23. The molecule has 0 aliphatic rings. The monoisotopic (exact) mass is 294 g/mol. The van der Waals surface area contributed by atoms with E-state index in [0.717, 1.165) is 6.07 Å². The van der Waals surface area contributed by atoms with Gasteiger partial charge in [-0.3, -0.25) is 4.79 Å². The summed E-state index contributed by atoms with van der Waals surface area (Å²) in [7, 11) is -3.76.